The third-order valence-electron chi connectivity index (χ3n) is 3.72. The number of benzene rings is 1. The monoisotopic (exact) mass is 507 g/mol. The fourth-order valence-electron chi connectivity index (χ4n) is 2.36. The van der Waals surface area contributed by atoms with Gasteiger partial charge in [-0.15, -0.1) is 24.0 Å². The molecule has 0 fully saturated rings. The molecule has 0 aliphatic carbocycles. The molecule has 0 unspecified atom stereocenters. The van der Waals surface area contributed by atoms with Gasteiger partial charge in [0, 0.05) is 39.9 Å². The predicted molar refractivity (Wildman–Crippen MR) is 123 cm³/mol. The fourth-order valence-corrected chi connectivity index (χ4v) is 2.36. The number of nitrogens with two attached hydrogens (primary N) is 1. The highest BCUT2D eigenvalue weighted by atomic mass is 127. The van der Waals surface area contributed by atoms with Gasteiger partial charge in [-0.2, -0.15) is 0 Å². The van der Waals surface area contributed by atoms with Gasteiger partial charge in [-0.1, -0.05) is 12.1 Å². The summed E-state index contributed by atoms with van der Waals surface area (Å²) < 4.78 is 10.4. The number of aliphatic imine (C=N–C) groups is 1. The maximum atomic E-state index is 10.8. The Hall–Kier alpha value is -1.59. The van der Waals surface area contributed by atoms with Crippen LogP contribution in [-0.2, 0) is 16.1 Å². The molecule has 0 radical (unpaired) electrons. The highest BCUT2D eigenvalue weighted by molar-refractivity contribution is 14.0. The van der Waals surface area contributed by atoms with Gasteiger partial charge >= 0.3 is 0 Å². The maximum Gasteiger partial charge on any atom is 0.255 e. The number of carbonyl (C=O) groups excluding carboxylic acids is 1. The van der Waals surface area contributed by atoms with Gasteiger partial charge in [-0.05, 0) is 38.1 Å². The molecule has 1 amide bonds. The molecule has 1 rings (SSSR count). The molecule has 0 heterocycles. The zero-order valence-electron chi connectivity index (χ0n) is 17.1. The normalized spacial score (nSPS) is 11.1. The molecule has 0 saturated heterocycles. The minimum absolute atomic E-state index is 0. The van der Waals surface area contributed by atoms with Crippen molar-refractivity contribution in [1.29, 1.82) is 0 Å². The van der Waals surface area contributed by atoms with E-state index in [9.17, 15) is 4.79 Å². The Balaban J connectivity index is 0.00000729. The van der Waals surface area contributed by atoms with E-state index in [1.165, 1.54) is 0 Å². The number of likely N-dealkylation sites (N-methyl/N-ethyl adjacent to an activating group) is 1. The lowest BCUT2D eigenvalue weighted by Gasteiger charge is -2.18. The van der Waals surface area contributed by atoms with E-state index in [2.05, 4.69) is 27.6 Å². The zero-order valence-corrected chi connectivity index (χ0v) is 19.4. The van der Waals surface area contributed by atoms with Crippen LogP contribution in [0.1, 0.15) is 18.9 Å². The van der Waals surface area contributed by atoms with Crippen LogP contribution in [0.3, 0.4) is 0 Å². The Morgan fingerprint density at radius 3 is 2.75 bits per heavy atom. The Bertz CT molecular complexity index is 586. The molecule has 0 spiro atoms. The number of guanidine groups is 1. The molecule has 8 nitrogen and oxygen atoms in total. The number of halogens is 1. The molecule has 1 aromatic rings. The van der Waals surface area contributed by atoms with Crippen LogP contribution in [-0.4, -0.2) is 70.3 Å². The van der Waals surface area contributed by atoms with Crippen molar-refractivity contribution in [2.24, 2.45) is 10.7 Å². The highest BCUT2D eigenvalue weighted by Gasteiger charge is 2.02. The molecule has 28 heavy (non-hydrogen) atoms. The molecule has 0 aromatic heterocycles. The van der Waals surface area contributed by atoms with Gasteiger partial charge in [0.2, 0.25) is 0 Å². The zero-order chi connectivity index (χ0) is 19.9. The second kappa shape index (κ2) is 16.4. The third-order valence-corrected chi connectivity index (χ3v) is 3.72. The molecular formula is C19H34IN5O3. The van der Waals surface area contributed by atoms with E-state index in [-0.39, 0.29) is 30.6 Å². The van der Waals surface area contributed by atoms with Crippen molar-refractivity contribution in [2.45, 2.75) is 19.9 Å². The van der Waals surface area contributed by atoms with Crippen LogP contribution in [0, 0.1) is 0 Å². The first-order valence-electron chi connectivity index (χ1n) is 9.24. The lowest BCUT2D eigenvalue weighted by atomic mass is 10.2. The van der Waals surface area contributed by atoms with Crippen LogP contribution in [0.2, 0.25) is 0 Å². The number of ether oxygens (including phenoxy) is 2. The summed E-state index contributed by atoms with van der Waals surface area (Å²) in [6, 6.07) is 7.49. The predicted octanol–water partition coefficient (Wildman–Crippen LogP) is 1.19. The topological polar surface area (TPSA) is 101 Å². The van der Waals surface area contributed by atoms with E-state index < -0.39 is 5.91 Å². The highest BCUT2D eigenvalue weighted by Crippen LogP contribution is 2.13. The van der Waals surface area contributed by atoms with Gasteiger partial charge < -0.3 is 30.7 Å². The first-order chi connectivity index (χ1) is 13.0. The van der Waals surface area contributed by atoms with E-state index in [1.54, 1.807) is 13.2 Å². The number of methoxy groups -OCH3 is 1. The molecule has 4 N–H and O–H groups in total. The second-order valence-corrected chi connectivity index (χ2v) is 6.17. The number of amides is 1. The van der Waals surface area contributed by atoms with Gasteiger partial charge in [-0.3, -0.25) is 4.79 Å². The van der Waals surface area contributed by atoms with Crippen LogP contribution in [0.15, 0.2) is 29.3 Å². The molecule has 0 aliphatic rings. The number of carbonyl (C=O) groups is 1. The average molecular weight is 507 g/mol. The van der Waals surface area contributed by atoms with Crippen LogP contribution in [0.5, 0.6) is 5.75 Å². The molecule has 0 aliphatic heterocycles. The van der Waals surface area contributed by atoms with E-state index in [1.807, 2.05) is 25.1 Å². The van der Waals surface area contributed by atoms with Gasteiger partial charge in [-0.25, -0.2) is 4.99 Å². The van der Waals surface area contributed by atoms with Gasteiger partial charge in [0.25, 0.3) is 5.91 Å². The Labute approximate surface area is 185 Å². The lowest BCUT2D eigenvalue weighted by molar-refractivity contribution is -0.119. The first-order valence-corrected chi connectivity index (χ1v) is 9.24. The summed E-state index contributed by atoms with van der Waals surface area (Å²) >= 11 is 0. The van der Waals surface area contributed by atoms with Crippen molar-refractivity contribution in [3.63, 3.8) is 0 Å². The van der Waals surface area contributed by atoms with Crippen LogP contribution in [0.4, 0.5) is 0 Å². The fraction of sp³-hybridized carbons (Fsp3) is 0.579. The van der Waals surface area contributed by atoms with Crippen molar-refractivity contribution >= 4 is 35.8 Å². The standard InChI is InChI=1S/C19H33N5O3.HI/c1-4-21-19(22-9-11-24(2)10-6-12-26-3)23-14-16-7-5-8-17(13-16)27-15-18(20)25;/h5,7-8,13H,4,6,9-12,14-15H2,1-3H3,(H2,20,25)(H2,21,22,23);1H. The Morgan fingerprint density at radius 1 is 1.29 bits per heavy atom. The van der Waals surface area contributed by atoms with Crippen molar-refractivity contribution < 1.29 is 14.3 Å². The minimum Gasteiger partial charge on any atom is -0.484 e. The number of rotatable bonds is 13. The van der Waals surface area contributed by atoms with Crippen LogP contribution < -0.4 is 21.1 Å². The van der Waals surface area contributed by atoms with Gasteiger partial charge in [0.15, 0.2) is 12.6 Å². The quantitative estimate of drug-likeness (QED) is 0.161. The summed E-state index contributed by atoms with van der Waals surface area (Å²) in [5.74, 6) is 0.882. The summed E-state index contributed by atoms with van der Waals surface area (Å²) in [4.78, 5) is 17.7. The molecular weight excluding hydrogens is 473 g/mol. The molecule has 1 aromatic carbocycles. The summed E-state index contributed by atoms with van der Waals surface area (Å²) in [5, 5.41) is 6.58. The van der Waals surface area contributed by atoms with Crippen molar-refractivity contribution in [3.8, 4) is 5.75 Å². The molecule has 160 valence electrons. The molecule has 0 bridgehead atoms. The number of hydrogen-bond acceptors (Lipinski definition) is 5. The van der Waals surface area contributed by atoms with E-state index in [4.69, 9.17) is 15.2 Å². The van der Waals surface area contributed by atoms with Gasteiger partial charge in [0.1, 0.15) is 5.75 Å². The SMILES string of the molecule is CCNC(=NCc1cccc(OCC(N)=O)c1)NCCN(C)CCCOC.I. The van der Waals surface area contributed by atoms with Crippen LogP contribution in [0.25, 0.3) is 0 Å². The summed E-state index contributed by atoms with van der Waals surface area (Å²) in [7, 11) is 3.82. The summed E-state index contributed by atoms with van der Waals surface area (Å²) in [5.41, 5.74) is 6.09. The largest absolute Gasteiger partial charge is 0.484 e. The van der Waals surface area contributed by atoms with E-state index in [0.29, 0.717) is 12.3 Å². The molecule has 9 heteroatoms. The van der Waals surface area contributed by atoms with Gasteiger partial charge in [0.05, 0.1) is 6.54 Å². The van der Waals surface area contributed by atoms with Crippen molar-refractivity contribution in [2.75, 3.05) is 53.6 Å². The maximum absolute atomic E-state index is 10.8. The Morgan fingerprint density at radius 2 is 2.07 bits per heavy atom. The lowest BCUT2D eigenvalue weighted by Crippen LogP contribution is -2.41. The van der Waals surface area contributed by atoms with Crippen molar-refractivity contribution in [1.82, 2.24) is 15.5 Å². The average Bonchev–Trinajstić information content (AvgIpc) is 2.65. The summed E-state index contributed by atoms with van der Waals surface area (Å²) in [6.07, 6.45) is 1.02. The minimum atomic E-state index is -0.496. The molecule has 0 atom stereocenters. The number of nitrogens with zero attached hydrogens (tertiary/aromatic N) is 2. The Kier molecular flexibility index (Phi) is 15.4. The van der Waals surface area contributed by atoms with E-state index >= 15 is 0 Å². The second-order valence-electron chi connectivity index (χ2n) is 6.17. The van der Waals surface area contributed by atoms with E-state index in [0.717, 1.165) is 50.7 Å². The third kappa shape index (κ3) is 12.7. The molecule has 0 saturated carbocycles. The summed E-state index contributed by atoms with van der Waals surface area (Å²) in [6.45, 7) is 6.71. The van der Waals surface area contributed by atoms with Crippen LogP contribution >= 0.6 is 24.0 Å². The van der Waals surface area contributed by atoms with Crippen molar-refractivity contribution in [3.05, 3.63) is 29.8 Å². The first kappa shape index (κ1) is 26.4. The number of nitrogens with one attached hydrogen (secondary N) is 2. The number of primary amides is 1. The number of hydrogen-bond donors (Lipinski definition) is 3. The smallest absolute Gasteiger partial charge is 0.255 e.